The van der Waals surface area contributed by atoms with E-state index in [1.807, 2.05) is 6.07 Å². The van der Waals surface area contributed by atoms with Gasteiger partial charge >= 0.3 is 0 Å². The maximum atomic E-state index is 5.56. The minimum atomic E-state index is 0.377. The van der Waals surface area contributed by atoms with Gasteiger partial charge in [-0.2, -0.15) is 0 Å². The molecule has 1 aromatic rings. The molecule has 4 heteroatoms. The molecular formula is C11H18N4. The second kappa shape index (κ2) is 3.77. The van der Waals surface area contributed by atoms with Crippen molar-refractivity contribution in [1.82, 2.24) is 9.97 Å². The van der Waals surface area contributed by atoms with Crippen molar-refractivity contribution >= 4 is 5.95 Å². The van der Waals surface area contributed by atoms with Gasteiger partial charge in [-0.15, -0.1) is 0 Å². The van der Waals surface area contributed by atoms with E-state index < -0.39 is 0 Å². The van der Waals surface area contributed by atoms with E-state index >= 15 is 0 Å². The Kier molecular flexibility index (Phi) is 2.61. The van der Waals surface area contributed by atoms with Crippen molar-refractivity contribution in [3.63, 3.8) is 0 Å². The Morgan fingerprint density at radius 1 is 1.53 bits per heavy atom. The molecule has 15 heavy (non-hydrogen) atoms. The number of hydrogen-bond donors (Lipinski definition) is 1. The molecule has 0 saturated carbocycles. The van der Waals surface area contributed by atoms with Gasteiger partial charge < -0.3 is 10.6 Å². The van der Waals surface area contributed by atoms with Crippen LogP contribution >= 0.6 is 0 Å². The molecule has 2 N–H and O–H groups in total. The Labute approximate surface area is 90.5 Å². The van der Waals surface area contributed by atoms with Crippen LogP contribution in [0.3, 0.4) is 0 Å². The summed E-state index contributed by atoms with van der Waals surface area (Å²) in [6, 6.07) is 1.87. The van der Waals surface area contributed by atoms with Gasteiger partial charge in [0.05, 0.1) is 5.69 Å². The van der Waals surface area contributed by atoms with Crippen LogP contribution in [-0.2, 0) is 6.54 Å². The van der Waals surface area contributed by atoms with Gasteiger partial charge in [0.2, 0.25) is 5.95 Å². The van der Waals surface area contributed by atoms with Crippen LogP contribution in [0.2, 0.25) is 0 Å². The monoisotopic (exact) mass is 206 g/mol. The Hall–Kier alpha value is -1.16. The molecule has 0 aliphatic carbocycles. The highest BCUT2D eigenvalue weighted by atomic mass is 15.3. The summed E-state index contributed by atoms with van der Waals surface area (Å²) in [6.07, 6.45) is 2.99. The first-order valence-electron chi connectivity index (χ1n) is 5.38. The molecule has 2 heterocycles. The number of nitrogens with zero attached hydrogens (tertiary/aromatic N) is 3. The third-order valence-corrected chi connectivity index (χ3v) is 2.87. The van der Waals surface area contributed by atoms with E-state index in [0.717, 1.165) is 24.7 Å². The summed E-state index contributed by atoms with van der Waals surface area (Å²) in [4.78, 5) is 11.0. The predicted molar refractivity (Wildman–Crippen MR) is 60.5 cm³/mol. The zero-order chi connectivity index (χ0) is 10.9. The molecule has 1 aromatic heterocycles. The molecule has 1 fully saturated rings. The van der Waals surface area contributed by atoms with E-state index in [4.69, 9.17) is 5.73 Å². The Bertz CT molecular complexity index is 348. The molecule has 0 amide bonds. The number of rotatable bonds is 2. The predicted octanol–water partition coefficient (Wildman–Crippen LogP) is 1.17. The molecular weight excluding hydrogens is 188 g/mol. The minimum Gasteiger partial charge on any atom is -0.340 e. The zero-order valence-electron chi connectivity index (χ0n) is 9.40. The Morgan fingerprint density at radius 3 is 2.93 bits per heavy atom. The van der Waals surface area contributed by atoms with Crippen molar-refractivity contribution in [2.24, 2.45) is 11.1 Å². The fourth-order valence-corrected chi connectivity index (χ4v) is 1.93. The van der Waals surface area contributed by atoms with E-state index in [1.54, 1.807) is 6.20 Å². The molecule has 0 atom stereocenters. The van der Waals surface area contributed by atoms with Gasteiger partial charge in [0.15, 0.2) is 0 Å². The molecule has 1 aliphatic heterocycles. The lowest BCUT2D eigenvalue weighted by Crippen LogP contribution is -2.25. The average Bonchev–Trinajstić information content (AvgIpc) is 2.59. The maximum absolute atomic E-state index is 5.56. The highest BCUT2D eigenvalue weighted by Crippen LogP contribution is 2.30. The van der Waals surface area contributed by atoms with Crippen molar-refractivity contribution in [3.05, 3.63) is 18.0 Å². The van der Waals surface area contributed by atoms with Gasteiger partial charge in [0.1, 0.15) is 0 Å². The number of nitrogens with two attached hydrogens (primary N) is 1. The van der Waals surface area contributed by atoms with Crippen LogP contribution in [0.4, 0.5) is 5.95 Å². The van der Waals surface area contributed by atoms with Crippen molar-refractivity contribution in [2.75, 3.05) is 18.0 Å². The summed E-state index contributed by atoms with van der Waals surface area (Å²) in [5.41, 5.74) is 6.85. The fourth-order valence-electron chi connectivity index (χ4n) is 1.93. The van der Waals surface area contributed by atoms with E-state index in [0.29, 0.717) is 12.0 Å². The van der Waals surface area contributed by atoms with E-state index in [1.165, 1.54) is 6.42 Å². The van der Waals surface area contributed by atoms with Crippen molar-refractivity contribution in [3.8, 4) is 0 Å². The third kappa shape index (κ3) is 2.26. The molecule has 82 valence electrons. The van der Waals surface area contributed by atoms with Crippen LogP contribution in [-0.4, -0.2) is 23.1 Å². The summed E-state index contributed by atoms with van der Waals surface area (Å²) >= 11 is 0. The largest absolute Gasteiger partial charge is 0.340 e. The van der Waals surface area contributed by atoms with Gasteiger partial charge in [-0.05, 0) is 17.9 Å². The van der Waals surface area contributed by atoms with E-state index in [-0.39, 0.29) is 0 Å². The molecule has 0 radical (unpaired) electrons. The molecule has 0 bridgehead atoms. The first-order chi connectivity index (χ1) is 7.11. The topological polar surface area (TPSA) is 55.0 Å². The Morgan fingerprint density at radius 2 is 2.33 bits per heavy atom. The molecule has 0 aromatic carbocycles. The maximum Gasteiger partial charge on any atom is 0.225 e. The van der Waals surface area contributed by atoms with Crippen LogP contribution < -0.4 is 10.6 Å². The van der Waals surface area contributed by atoms with Crippen LogP contribution in [0.5, 0.6) is 0 Å². The number of hydrogen-bond acceptors (Lipinski definition) is 4. The van der Waals surface area contributed by atoms with Crippen molar-refractivity contribution in [1.29, 1.82) is 0 Å². The van der Waals surface area contributed by atoms with E-state index in [9.17, 15) is 0 Å². The smallest absolute Gasteiger partial charge is 0.225 e. The number of anilines is 1. The Balaban J connectivity index is 2.16. The van der Waals surface area contributed by atoms with Gasteiger partial charge in [0, 0.05) is 25.8 Å². The minimum absolute atomic E-state index is 0.377. The molecule has 1 aliphatic rings. The molecule has 1 saturated heterocycles. The quantitative estimate of drug-likeness (QED) is 0.789. The average molecular weight is 206 g/mol. The van der Waals surface area contributed by atoms with Crippen LogP contribution in [0.15, 0.2) is 12.3 Å². The fraction of sp³-hybridized carbons (Fsp3) is 0.636. The van der Waals surface area contributed by atoms with Gasteiger partial charge in [-0.25, -0.2) is 9.97 Å². The lowest BCUT2D eigenvalue weighted by molar-refractivity contribution is 0.418. The van der Waals surface area contributed by atoms with Gasteiger partial charge in [-0.3, -0.25) is 0 Å². The van der Waals surface area contributed by atoms with Crippen LogP contribution in [0.1, 0.15) is 26.0 Å². The highest BCUT2D eigenvalue weighted by molar-refractivity contribution is 5.32. The molecule has 0 spiro atoms. The van der Waals surface area contributed by atoms with Gasteiger partial charge in [-0.1, -0.05) is 13.8 Å². The molecule has 4 nitrogen and oxygen atoms in total. The lowest BCUT2D eigenvalue weighted by atomic mass is 9.93. The van der Waals surface area contributed by atoms with Gasteiger partial charge in [0.25, 0.3) is 0 Å². The first kappa shape index (κ1) is 10.4. The van der Waals surface area contributed by atoms with E-state index in [2.05, 4.69) is 28.7 Å². The lowest BCUT2D eigenvalue weighted by Gasteiger charge is -2.19. The molecule has 0 unspecified atom stereocenters. The van der Waals surface area contributed by atoms with Crippen LogP contribution in [0.25, 0.3) is 0 Å². The molecule has 2 rings (SSSR count). The van der Waals surface area contributed by atoms with Crippen molar-refractivity contribution in [2.45, 2.75) is 26.8 Å². The standard InChI is InChI=1S/C11H18N4/c1-11(2)4-6-15(8-11)10-13-5-3-9(7-12)14-10/h3,5H,4,6-8,12H2,1-2H3. The summed E-state index contributed by atoms with van der Waals surface area (Å²) in [7, 11) is 0. The normalized spacial score (nSPS) is 19.5. The summed E-state index contributed by atoms with van der Waals surface area (Å²) in [6.45, 7) is 7.11. The second-order valence-corrected chi connectivity index (χ2v) is 4.89. The number of aromatic nitrogens is 2. The summed E-state index contributed by atoms with van der Waals surface area (Å²) < 4.78 is 0. The van der Waals surface area contributed by atoms with Crippen molar-refractivity contribution < 1.29 is 0 Å². The zero-order valence-corrected chi connectivity index (χ0v) is 9.40. The summed E-state index contributed by atoms with van der Waals surface area (Å²) in [5.74, 6) is 0.823. The second-order valence-electron chi connectivity index (χ2n) is 4.89. The highest BCUT2D eigenvalue weighted by Gasteiger charge is 2.30. The third-order valence-electron chi connectivity index (χ3n) is 2.87. The van der Waals surface area contributed by atoms with Crippen LogP contribution in [0, 0.1) is 5.41 Å². The summed E-state index contributed by atoms with van der Waals surface area (Å²) in [5, 5.41) is 0. The SMILES string of the molecule is CC1(C)CCN(c2nccc(CN)n2)C1. The first-order valence-corrected chi connectivity index (χ1v) is 5.38.